The van der Waals surface area contributed by atoms with E-state index in [1.165, 1.54) is 30.0 Å². The number of ether oxygens (including phenoxy) is 1. The fourth-order valence-corrected chi connectivity index (χ4v) is 6.63. The zero-order valence-electron chi connectivity index (χ0n) is 20.9. The summed E-state index contributed by atoms with van der Waals surface area (Å²) in [6, 6.07) is 7.90. The predicted octanol–water partition coefficient (Wildman–Crippen LogP) is 3.78. The molecule has 8 nitrogen and oxygen atoms in total. The molecule has 1 unspecified atom stereocenters. The van der Waals surface area contributed by atoms with Crippen LogP contribution in [0.2, 0.25) is 0 Å². The van der Waals surface area contributed by atoms with Crippen LogP contribution in [-0.4, -0.2) is 61.4 Å². The molecule has 2 fully saturated rings. The molecule has 2 aliphatic heterocycles. The number of para-hydroxylation sites is 1. The van der Waals surface area contributed by atoms with Gasteiger partial charge in [-0.15, -0.1) is 11.8 Å². The SMILES string of the molecule is CCCCCCCCC(Oc1ccccc1)C(=O)N[C@@]1(C(C)=O)C(=O)N2[C@@H](C(=O)O)C(C)(C)S[C@@H]21. The molecule has 3 rings (SSSR count). The van der Waals surface area contributed by atoms with Gasteiger partial charge in [0.15, 0.2) is 11.9 Å². The van der Waals surface area contributed by atoms with E-state index in [0.29, 0.717) is 12.2 Å². The van der Waals surface area contributed by atoms with Gasteiger partial charge in [-0.25, -0.2) is 4.79 Å². The summed E-state index contributed by atoms with van der Waals surface area (Å²) >= 11 is 1.23. The van der Waals surface area contributed by atoms with E-state index in [-0.39, 0.29) is 0 Å². The van der Waals surface area contributed by atoms with Gasteiger partial charge in [-0.1, -0.05) is 57.2 Å². The van der Waals surface area contributed by atoms with Crippen LogP contribution < -0.4 is 10.1 Å². The molecule has 0 spiro atoms. The zero-order valence-corrected chi connectivity index (χ0v) is 21.7. The minimum absolute atomic E-state index is 0.444. The summed E-state index contributed by atoms with van der Waals surface area (Å²) in [6.45, 7) is 6.88. The number of carbonyl (C=O) groups excluding carboxylic acids is 3. The number of aliphatic carboxylic acids is 1. The smallest absolute Gasteiger partial charge is 0.327 e. The minimum Gasteiger partial charge on any atom is -0.481 e. The summed E-state index contributed by atoms with van der Waals surface area (Å²) in [7, 11) is 0. The third-order valence-corrected chi connectivity index (χ3v) is 8.43. The van der Waals surface area contributed by atoms with Crippen molar-refractivity contribution in [3.8, 4) is 5.75 Å². The number of benzene rings is 1. The maximum atomic E-state index is 13.5. The van der Waals surface area contributed by atoms with Crippen LogP contribution in [0.15, 0.2) is 30.3 Å². The molecule has 0 aliphatic carbocycles. The summed E-state index contributed by atoms with van der Waals surface area (Å²) in [5.74, 6) is -2.33. The molecule has 2 saturated heterocycles. The van der Waals surface area contributed by atoms with Crippen LogP contribution in [0.4, 0.5) is 0 Å². The number of thioether (sulfide) groups is 1. The van der Waals surface area contributed by atoms with Crippen molar-refractivity contribution < 1.29 is 29.0 Å². The summed E-state index contributed by atoms with van der Waals surface area (Å²) in [5.41, 5.74) is -1.79. The molecule has 4 atom stereocenters. The van der Waals surface area contributed by atoms with Crippen LogP contribution in [0.3, 0.4) is 0 Å². The van der Waals surface area contributed by atoms with Crippen molar-refractivity contribution in [3.63, 3.8) is 0 Å². The number of nitrogens with zero attached hydrogens (tertiary/aromatic N) is 1. The van der Waals surface area contributed by atoms with Crippen molar-refractivity contribution in [1.29, 1.82) is 0 Å². The van der Waals surface area contributed by atoms with Crippen molar-refractivity contribution in [2.24, 2.45) is 0 Å². The lowest BCUT2D eigenvalue weighted by Crippen LogP contribution is -2.82. The Labute approximate surface area is 211 Å². The normalized spacial score (nSPS) is 25.4. The number of carbonyl (C=O) groups is 4. The van der Waals surface area contributed by atoms with Gasteiger partial charge >= 0.3 is 5.97 Å². The molecule has 192 valence electrons. The molecule has 1 aromatic rings. The number of fused-ring (bicyclic) bond motifs is 1. The molecule has 0 saturated carbocycles. The number of unbranched alkanes of at least 4 members (excludes halogenated alkanes) is 5. The fraction of sp³-hybridized carbons (Fsp3) is 0.615. The van der Waals surface area contributed by atoms with Crippen LogP contribution in [0.25, 0.3) is 0 Å². The number of carboxylic acids is 1. The summed E-state index contributed by atoms with van der Waals surface area (Å²) < 4.78 is 5.18. The number of hydrogen-bond acceptors (Lipinski definition) is 6. The Balaban J connectivity index is 1.78. The highest BCUT2D eigenvalue weighted by molar-refractivity contribution is 8.01. The van der Waals surface area contributed by atoms with Crippen molar-refractivity contribution in [2.75, 3.05) is 0 Å². The van der Waals surface area contributed by atoms with E-state index in [0.717, 1.165) is 32.1 Å². The van der Waals surface area contributed by atoms with Crippen molar-refractivity contribution in [2.45, 2.75) is 100 Å². The molecule has 0 aromatic heterocycles. The topological polar surface area (TPSA) is 113 Å². The van der Waals surface area contributed by atoms with Crippen molar-refractivity contribution in [1.82, 2.24) is 10.2 Å². The molecular weight excluding hydrogens is 468 g/mol. The number of amides is 2. The van der Waals surface area contributed by atoms with Gasteiger partial charge in [0.1, 0.15) is 17.2 Å². The molecule has 1 aromatic carbocycles. The van der Waals surface area contributed by atoms with Gasteiger partial charge in [0.05, 0.1) is 0 Å². The molecule has 0 radical (unpaired) electrons. The predicted molar refractivity (Wildman–Crippen MR) is 134 cm³/mol. The average Bonchev–Trinajstić information content (AvgIpc) is 3.07. The van der Waals surface area contributed by atoms with Gasteiger partial charge in [0.25, 0.3) is 11.8 Å². The van der Waals surface area contributed by atoms with Crippen LogP contribution >= 0.6 is 11.8 Å². The summed E-state index contributed by atoms with van der Waals surface area (Å²) in [4.78, 5) is 52.6. The van der Waals surface area contributed by atoms with E-state index in [1.807, 2.05) is 18.2 Å². The number of Topliss-reactive ketones (excluding diaryl/α,β-unsaturated/α-hetero) is 1. The van der Waals surface area contributed by atoms with E-state index >= 15 is 0 Å². The number of hydrogen-bond donors (Lipinski definition) is 2. The molecule has 2 amide bonds. The molecular formula is C26H36N2O6S. The third kappa shape index (κ3) is 5.34. The Bertz CT molecular complexity index is 952. The van der Waals surface area contributed by atoms with Gasteiger partial charge in [-0.3, -0.25) is 14.4 Å². The lowest BCUT2D eigenvalue weighted by Gasteiger charge is -2.51. The Morgan fingerprint density at radius 1 is 1.11 bits per heavy atom. The lowest BCUT2D eigenvalue weighted by atomic mass is 9.81. The van der Waals surface area contributed by atoms with Crippen LogP contribution in [-0.2, 0) is 19.2 Å². The number of nitrogens with one attached hydrogen (secondary N) is 1. The Morgan fingerprint density at radius 2 is 1.74 bits per heavy atom. The Hall–Kier alpha value is -2.55. The zero-order chi connectivity index (χ0) is 25.8. The van der Waals surface area contributed by atoms with Crippen LogP contribution in [0.5, 0.6) is 5.75 Å². The average molecular weight is 505 g/mol. The first-order chi connectivity index (χ1) is 16.6. The van der Waals surface area contributed by atoms with Crippen molar-refractivity contribution >= 4 is 35.3 Å². The highest BCUT2D eigenvalue weighted by atomic mass is 32.2. The van der Waals surface area contributed by atoms with Gasteiger partial charge < -0.3 is 20.1 Å². The minimum atomic E-state index is -1.79. The second kappa shape index (κ2) is 11.0. The quantitative estimate of drug-likeness (QED) is 0.239. The molecule has 2 heterocycles. The first kappa shape index (κ1) is 27.0. The monoisotopic (exact) mass is 504 g/mol. The first-order valence-corrected chi connectivity index (χ1v) is 13.2. The van der Waals surface area contributed by atoms with Gasteiger partial charge in [0, 0.05) is 4.75 Å². The van der Waals surface area contributed by atoms with Gasteiger partial charge in [-0.05, 0) is 45.7 Å². The van der Waals surface area contributed by atoms with E-state index in [1.54, 1.807) is 26.0 Å². The Kier molecular flexibility index (Phi) is 8.51. The van der Waals surface area contributed by atoms with E-state index in [2.05, 4.69) is 12.2 Å². The van der Waals surface area contributed by atoms with E-state index in [4.69, 9.17) is 4.74 Å². The second-order valence-corrected chi connectivity index (χ2v) is 11.6. The molecule has 35 heavy (non-hydrogen) atoms. The molecule has 0 bridgehead atoms. The lowest BCUT2D eigenvalue weighted by molar-refractivity contribution is -0.172. The molecule has 2 aliphatic rings. The largest absolute Gasteiger partial charge is 0.481 e. The number of rotatable bonds is 13. The highest BCUT2D eigenvalue weighted by Gasteiger charge is 2.74. The molecule has 2 N–H and O–H groups in total. The van der Waals surface area contributed by atoms with Crippen LogP contribution in [0, 0.1) is 0 Å². The summed E-state index contributed by atoms with van der Waals surface area (Å²) in [6.07, 6.45) is 5.84. The number of ketones is 1. The maximum Gasteiger partial charge on any atom is 0.327 e. The van der Waals surface area contributed by atoms with E-state index in [9.17, 15) is 24.3 Å². The number of β-lactam (4-membered cyclic amide) rings is 1. The fourth-order valence-electron chi connectivity index (χ4n) is 4.88. The first-order valence-electron chi connectivity index (χ1n) is 12.3. The summed E-state index contributed by atoms with van der Waals surface area (Å²) in [5, 5.41) is 11.6. The second-order valence-electron chi connectivity index (χ2n) is 9.86. The number of carboxylic acid groups (broad SMARTS) is 1. The van der Waals surface area contributed by atoms with Crippen molar-refractivity contribution in [3.05, 3.63) is 30.3 Å². The Morgan fingerprint density at radius 3 is 2.34 bits per heavy atom. The maximum absolute atomic E-state index is 13.5. The molecule has 9 heteroatoms. The highest BCUT2D eigenvalue weighted by Crippen LogP contribution is 2.55. The van der Waals surface area contributed by atoms with E-state index < -0.39 is 51.4 Å². The standard InChI is InChI=1S/C26H36N2O6S/c1-5-6-7-8-9-13-16-19(34-18-14-11-10-12-15-18)21(30)27-26(17(2)29)23(33)28-20(22(31)32)25(3,4)35-24(26)28/h10-12,14-15,19-20,24H,5-9,13,16H2,1-4H3,(H,27,30)(H,31,32)/t19?,20-,24+,26-/m0/s1. The third-order valence-electron chi connectivity index (χ3n) is 6.79. The van der Waals surface area contributed by atoms with Gasteiger partial charge in [-0.2, -0.15) is 0 Å². The van der Waals surface area contributed by atoms with Gasteiger partial charge in [0.2, 0.25) is 5.54 Å². The van der Waals surface area contributed by atoms with Crippen LogP contribution in [0.1, 0.15) is 72.6 Å².